The van der Waals surface area contributed by atoms with Crippen molar-refractivity contribution in [1.29, 1.82) is 0 Å². The molecule has 0 spiro atoms. The van der Waals surface area contributed by atoms with Crippen LogP contribution in [0.4, 0.5) is 10.1 Å². The number of carbonyl (C=O) groups is 1. The zero-order chi connectivity index (χ0) is 18.1. The van der Waals surface area contributed by atoms with Crippen LogP contribution in [0.15, 0.2) is 73.1 Å². The van der Waals surface area contributed by atoms with Gasteiger partial charge in [0.25, 0.3) is 5.91 Å². The lowest BCUT2D eigenvalue weighted by molar-refractivity contribution is -0.118. The van der Waals surface area contributed by atoms with Crippen LogP contribution in [0, 0.1) is 5.82 Å². The van der Waals surface area contributed by atoms with Crippen molar-refractivity contribution < 1.29 is 9.18 Å². The van der Waals surface area contributed by atoms with E-state index < -0.39 is 5.92 Å². The van der Waals surface area contributed by atoms with Crippen molar-refractivity contribution in [2.24, 2.45) is 0 Å². The molecule has 1 aromatic heterocycles. The van der Waals surface area contributed by atoms with Crippen molar-refractivity contribution in [2.75, 3.05) is 5.01 Å². The normalized spacial score (nSPS) is 19.8. The fourth-order valence-corrected chi connectivity index (χ4v) is 3.32. The number of hydrogen-bond donors (Lipinski definition) is 1. The molecule has 26 heavy (non-hydrogen) atoms. The first-order valence-corrected chi connectivity index (χ1v) is 8.52. The molecule has 1 amide bonds. The van der Waals surface area contributed by atoms with E-state index in [-0.39, 0.29) is 17.8 Å². The number of nitrogens with zero attached hydrogens (tertiary/aromatic N) is 2. The summed E-state index contributed by atoms with van der Waals surface area (Å²) >= 11 is 5.95. The fourth-order valence-electron chi connectivity index (χ4n) is 3.19. The van der Waals surface area contributed by atoms with Crippen molar-refractivity contribution in [3.8, 4) is 0 Å². The van der Waals surface area contributed by atoms with Crippen LogP contribution in [0.3, 0.4) is 0 Å². The molecule has 2 atom stereocenters. The molecular formula is C20H15ClFN3O. The molecule has 1 fully saturated rings. The van der Waals surface area contributed by atoms with Crippen LogP contribution in [0.1, 0.15) is 23.1 Å². The van der Waals surface area contributed by atoms with Gasteiger partial charge in [-0.1, -0.05) is 23.7 Å². The number of hydrazine groups is 1. The van der Waals surface area contributed by atoms with Crippen molar-refractivity contribution in [3.63, 3.8) is 0 Å². The number of nitrogens with one attached hydrogen (secondary N) is 1. The average Bonchev–Trinajstić information content (AvgIpc) is 3.01. The molecule has 1 saturated heterocycles. The lowest BCUT2D eigenvalue weighted by Gasteiger charge is -2.18. The third-order valence-corrected chi connectivity index (χ3v) is 4.72. The molecule has 0 radical (unpaired) electrons. The maximum Gasteiger partial charge on any atom is 0.250 e. The highest BCUT2D eigenvalue weighted by Gasteiger charge is 2.42. The highest BCUT2D eigenvalue weighted by atomic mass is 35.5. The number of amides is 1. The zero-order valence-corrected chi connectivity index (χ0v) is 14.4. The van der Waals surface area contributed by atoms with Crippen LogP contribution in [0.2, 0.25) is 5.02 Å². The number of aromatic nitrogens is 1. The maximum atomic E-state index is 13.3. The van der Waals surface area contributed by atoms with Gasteiger partial charge in [0.15, 0.2) is 0 Å². The summed E-state index contributed by atoms with van der Waals surface area (Å²) < 4.78 is 13.3. The van der Waals surface area contributed by atoms with Crippen LogP contribution in [0.25, 0.3) is 0 Å². The van der Waals surface area contributed by atoms with E-state index in [0.29, 0.717) is 10.7 Å². The van der Waals surface area contributed by atoms with Crippen LogP contribution in [0.5, 0.6) is 0 Å². The molecule has 6 heteroatoms. The Balaban J connectivity index is 1.76. The van der Waals surface area contributed by atoms with Gasteiger partial charge >= 0.3 is 0 Å². The number of pyridine rings is 1. The molecule has 130 valence electrons. The van der Waals surface area contributed by atoms with Gasteiger partial charge in [-0.2, -0.15) is 0 Å². The van der Waals surface area contributed by atoms with Crippen LogP contribution < -0.4 is 10.4 Å². The molecule has 2 unspecified atom stereocenters. The highest BCUT2D eigenvalue weighted by Crippen LogP contribution is 2.39. The molecule has 0 bridgehead atoms. The second kappa shape index (κ2) is 6.86. The third-order valence-electron chi connectivity index (χ3n) is 4.47. The topological polar surface area (TPSA) is 45.2 Å². The molecule has 1 N–H and O–H groups in total. The first-order chi connectivity index (χ1) is 12.6. The molecule has 4 rings (SSSR count). The smallest absolute Gasteiger partial charge is 0.250 e. The molecule has 3 aromatic rings. The summed E-state index contributed by atoms with van der Waals surface area (Å²) in [5, 5.41) is 2.12. The zero-order valence-electron chi connectivity index (χ0n) is 13.6. The SMILES string of the molecule is O=C1C(c2ccc(F)cc2)C(c2ccncc2)NN1c1ccc(Cl)cc1. The number of anilines is 1. The molecule has 0 saturated carbocycles. The summed E-state index contributed by atoms with van der Waals surface area (Å²) in [6.07, 6.45) is 3.38. The fraction of sp³-hybridized carbons (Fsp3) is 0.100. The van der Waals surface area contributed by atoms with Gasteiger partial charge < -0.3 is 0 Å². The van der Waals surface area contributed by atoms with Crippen LogP contribution >= 0.6 is 11.6 Å². The predicted octanol–water partition coefficient (Wildman–Crippen LogP) is 4.25. The Bertz CT molecular complexity index is 916. The van der Waals surface area contributed by atoms with E-state index in [1.807, 2.05) is 12.1 Å². The van der Waals surface area contributed by atoms with Crippen LogP contribution in [-0.4, -0.2) is 10.9 Å². The van der Waals surface area contributed by atoms with Gasteiger partial charge in [-0.25, -0.2) is 14.8 Å². The Hall–Kier alpha value is -2.76. The molecule has 1 aliphatic heterocycles. The molecule has 2 heterocycles. The first kappa shape index (κ1) is 16.7. The van der Waals surface area contributed by atoms with Crippen molar-refractivity contribution in [2.45, 2.75) is 12.0 Å². The number of halogens is 2. The van der Waals surface area contributed by atoms with Gasteiger partial charge in [-0.3, -0.25) is 9.78 Å². The Morgan fingerprint density at radius 2 is 1.58 bits per heavy atom. The van der Waals surface area contributed by atoms with Gasteiger partial charge in [0.2, 0.25) is 0 Å². The highest BCUT2D eigenvalue weighted by molar-refractivity contribution is 6.30. The minimum atomic E-state index is -0.478. The lowest BCUT2D eigenvalue weighted by Crippen LogP contribution is -2.35. The van der Waals surface area contributed by atoms with E-state index in [9.17, 15) is 9.18 Å². The van der Waals surface area contributed by atoms with E-state index in [0.717, 1.165) is 11.1 Å². The van der Waals surface area contributed by atoms with Gasteiger partial charge in [-0.05, 0) is 59.7 Å². The van der Waals surface area contributed by atoms with E-state index >= 15 is 0 Å². The quantitative estimate of drug-likeness (QED) is 0.752. The summed E-state index contributed by atoms with van der Waals surface area (Å²) in [6, 6.07) is 16.5. The molecule has 0 aliphatic carbocycles. The van der Waals surface area contributed by atoms with Gasteiger partial charge in [0.1, 0.15) is 5.82 Å². The number of carbonyl (C=O) groups excluding carboxylic acids is 1. The van der Waals surface area contributed by atoms with Crippen LogP contribution in [-0.2, 0) is 4.79 Å². The summed E-state index contributed by atoms with van der Waals surface area (Å²) in [6.45, 7) is 0. The minimum absolute atomic E-state index is 0.110. The Morgan fingerprint density at radius 3 is 2.23 bits per heavy atom. The number of hydrogen-bond acceptors (Lipinski definition) is 3. The maximum absolute atomic E-state index is 13.3. The van der Waals surface area contributed by atoms with Gasteiger partial charge in [0, 0.05) is 17.4 Å². The largest absolute Gasteiger partial charge is 0.272 e. The summed E-state index contributed by atoms with van der Waals surface area (Å²) in [5.74, 6) is -0.920. The standard InChI is InChI=1S/C20H15ClFN3O/c21-15-3-7-17(8-4-15)25-20(26)18(13-1-5-16(22)6-2-13)19(24-25)14-9-11-23-12-10-14/h1-12,18-19,24H. The number of rotatable bonds is 3. The predicted molar refractivity (Wildman–Crippen MR) is 98.2 cm³/mol. The Morgan fingerprint density at radius 1 is 0.923 bits per heavy atom. The average molecular weight is 368 g/mol. The molecule has 2 aromatic carbocycles. The first-order valence-electron chi connectivity index (χ1n) is 8.14. The molecule has 1 aliphatic rings. The summed E-state index contributed by atoms with van der Waals surface area (Å²) in [4.78, 5) is 17.2. The lowest BCUT2D eigenvalue weighted by atomic mass is 9.88. The van der Waals surface area contributed by atoms with Crippen molar-refractivity contribution in [1.82, 2.24) is 10.4 Å². The van der Waals surface area contributed by atoms with E-state index in [1.165, 1.54) is 17.1 Å². The van der Waals surface area contributed by atoms with Crippen molar-refractivity contribution >= 4 is 23.2 Å². The monoisotopic (exact) mass is 367 g/mol. The van der Waals surface area contributed by atoms with Gasteiger partial charge in [0.05, 0.1) is 17.6 Å². The summed E-state index contributed by atoms with van der Waals surface area (Å²) in [7, 11) is 0. The van der Waals surface area contributed by atoms with Gasteiger partial charge in [-0.15, -0.1) is 0 Å². The molecular weight excluding hydrogens is 353 g/mol. The second-order valence-electron chi connectivity index (χ2n) is 6.07. The third kappa shape index (κ3) is 3.07. The Labute approximate surface area is 155 Å². The Kier molecular flexibility index (Phi) is 4.41. The van der Waals surface area contributed by atoms with Crippen molar-refractivity contribution in [3.05, 3.63) is 95.0 Å². The molecule has 4 nitrogen and oxygen atoms in total. The number of benzene rings is 2. The van der Waals surface area contributed by atoms with E-state index in [2.05, 4.69) is 10.4 Å². The minimum Gasteiger partial charge on any atom is -0.272 e. The second-order valence-corrected chi connectivity index (χ2v) is 6.50. The van der Waals surface area contributed by atoms with E-state index in [4.69, 9.17) is 11.6 Å². The summed E-state index contributed by atoms with van der Waals surface area (Å²) in [5.41, 5.74) is 5.65. The van der Waals surface area contributed by atoms with E-state index in [1.54, 1.807) is 48.8 Å².